The molecule has 0 aliphatic rings. The topological polar surface area (TPSA) is 95.5 Å². The molecule has 0 saturated heterocycles. The summed E-state index contributed by atoms with van der Waals surface area (Å²) in [7, 11) is 3.04. The fraction of sp³-hybridized carbons (Fsp3) is 0.364. The van der Waals surface area contributed by atoms with Crippen molar-refractivity contribution in [1.82, 2.24) is 0 Å². The Morgan fingerprint density at radius 3 is 1.66 bits per heavy atom. The number of methoxy groups -OCH3 is 2. The Balaban J connectivity index is 0.000000466. The summed E-state index contributed by atoms with van der Waals surface area (Å²) in [6.45, 7) is 8.02. The highest BCUT2D eigenvalue weighted by Gasteiger charge is 2.07. The lowest BCUT2D eigenvalue weighted by molar-refractivity contribution is 0.230. The summed E-state index contributed by atoms with van der Waals surface area (Å²) in [6.07, 6.45) is 0.0674. The van der Waals surface area contributed by atoms with Gasteiger partial charge < -0.3 is 19.3 Å². The quantitative estimate of drug-likeness (QED) is 0.609. The Hall–Kier alpha value is -2.90. The average Bonchev–Trinajstić information content (AvgIpc) is 2.67. The van der Waals surface area contributed by atoms with Gasteiger partial charge in [-0.2, -0.15) is 10.5 Å². The Morgan fingerprint density at radius 2 is 1.28 bits per heavy atom. The van der Waals surface area contributed by atoms with Crippen LogP contribution in [0.15, 0.2) is 36.4 Å². The number of phenolic OH excluding ortho intramolecular Hbond substituents is 1. The minimum Gasteiger partial charge on any atom is -0.504 e. The molecule has 156 valence electrons. The highest BCUT2D eigenvalue weighted by Crippen LogP contribution is 2.28. The molecule has 0 amide bonds. The van der Waals surface area contributed by atoms with Gasteiger partial charge in [-0.25, -0.2) is 0 Å². The van der Waals surface area contributed by atoms with Gasteiger partial charge in [0, 0.05) is 17.0 Å². The van der Waals surface area contributed by atoms with Crippen LogP contribution < -0.4 is 14.2 Å². The summed E-state index contributed by atoms with van der Waals surface area (Å²) in [5, 5.41) is 26.3. The number of phenols is 1. The van der Waals surface area contributed by atoms with Crippen LogP contribution in [0, 0.1) is 22.7 Å². The van der Waals surface area contributed by atoms with E-state index in [1.165, 1.54) is 13.2 Å². The Kier molecular flexibility index (Phi) is 12.7. The average molecular weight is 463 g/mol. The van der Waals surface area contributed by atoms with E-state index in [1.807, 2.05) is 19.9 Å². The van der Waals surface area contributed by atoms with Gasteiger partial charge in [-0.05, 0) is 38.1 Å². The number of nitrogens with zero attached hydrogens (tertiary/aromatic N) is 2. The van der Waals surface area contributed by atoms with Crippen LogP contribution in [0.4, 0.5) is 0 Å². The van der Waals surface area contributed by atoms with Gasteiger partial charge in [0.2, 0.25) is 0 Å². The van der Waals surface area contributed by atoms with E-state index in [9.17, 15) is 0 Å². The number of alkyl halides is 1. The maximum Gasteiger partial charge on any atom is 0.162 e. The molecule has 0 fully saturated rings. The molecule has 1 N–H and O–H groups in total. The van der Waals surface area contributed by atoms with E-state index in [-0.39, 0.29) is 11.9 Å². The van der Waals surface area contributed by atoms with E-state index in [4.69, 9.17) is 29.8 Å². The number of halogens is 1. The van der Waals surface area contributed by atoms with Gasteiger partial charge in [0.25, 0.3) is 0 Å². The van der Waals surface area contributed by atoms with Crippen LogP contribution in [-0.2, 0) is 0 Å². The van der Waals surface area contributed by atoms with E-state index in [1.54, 1.807) is 37.4 Å². The van der Waals surface area contributed by atoms with Crippen LogP contribution in [-0.4, -0.2) is 30.3 Å². The Bertz CT molecular complexity index is 837. The fourth-order valence-electron chi connectivity index (χ4n) is 1.85. The number of benzene rings is 2. The second kappa shape index (κ2) is 14.1. The smallest absolute Gasteiger partial charge is 0.162 e. The molecule has 0 bridgehead atoms. The van der Waals surface area contributed by atoms with Crippen molar-refractivity contribution in [3.05, 3.63) is 47.5 Å². The number of aromatic hydroxyl groups is 1. The van der Waals surface area contributed by atoms with Crippen molar-refractivity contribution in [2.24, 2.45) is 0 Å². The first-order valence-electron chi connectivity index (χ1n) is 8.84. The van der Waals surface area contributed by atoms with Crippen LogP contribution in [0.2, 0.25) is 0 Å². The molecule has 0 radical (unpaired) electrons. The van der Waals surface area contributed by atoms with Crippen LogP contribution in [0.1, 0.15) is 38.8 Å². The molecule has 2 rings (SSSR count). The molecule has 0 spiro atoms. The lowest BCUT2D eigenvalue weighted by Crippen LogP contribution is -2.06. The standard InChI is InChI=1S/C11H13NO2.C8H7NO2.C3H7Br/c1-8(2)14-11-6-9(7-12)4-5-10(11)13-3;1-11-8-3-2-6(5-9)4-7(8)10;1-3(2)4/h4-6,8H,1-3H3;2-4,10H,1H3;3H,1-2H3. The summed E-state index contributed by atoms with van der Waals surface area (Å²) in [5.74, 6) is 1.63. The van der Waals surface area contributed by atoms with Gasteiger partial charge in [-0.1, -0.05) is 29.8 Å². The molecular formula is C22H27BrN2O4. The minimum absolute atomic E-state index is 0.00782. The van der Waals surface area contributed by atoms with Crippen molar-refractivity contribution in [2.45, 2.75) is 38.6 Å². The van der Waals surface area contributed by atoms with Gasteiger partial charge in [0.05, 0.1) is 43.6 Å². The summed E-state index contributed by atoms with van der Waals surface area (Å²) in [6, 6.07) is 13.6. The molecular weight excluding hydrogens is 436 g/mol. The van der Waals surface area contributed by atoms with Crippen molar-refractivity contribution < 1.29 is 19.3 Å². The molecule has 29 heavy (non-hydrogen) atoms. The van der Waals surface area contributed by atoms with Crippen LogP contribution in [0.3, 0.4) is 0 Å². The van der Waals surface area contributed by atoms with Crippen molar-refractivity contribution >= 4 is 15.9 Å². The number of hydrogen-bond donors (Lipinski definition) is 1. The van der Waals surface area contributed by atoms with Gasteiger partial charge in [-0.3, -0.25) is 0 Å². The second-order valence-corrected chi connectivity index (χ2v) is 7.99. The zero-order valence-electron chi connectivity index (χ0n) is 17.6. The van der Waals surface area contributed by atoms with Crippen molar-refractivity contribution in [1.29, 1.82) is 10.5 Å². The van der Waals surface area contributed by atoms with Crippen LogP contribution in [0.25, 0.3) is 0 Å². The van der Waals surface area contributed by atoms with E-state index < -0.39 is 0 Å². The third-order valence-corrected chi connectivity index (χ3v) is 2.96. The molecule has 0 atom stereocenters. The fourth-order valence-corrected chi connectivity index (χ4v) is 1.85. The molecule has 2 aromatic carbocycles. The van der Waals surface area contributed by atoms with E-state index >= 15 is 0 Å². The zero-order chi connectivity index (χ0) is 22.4. The first-order valence-corrected chi connectivity index (χ1v) is 9.75. The molecule has 6 nitrogen and oxygen atoms in total. The maximum atomic E-state index is 9.15. The highest BCUT2D eigenvalue weighted by molar-refractivity contribution is 9.09. The summed E-state index contributed by atoms with van der Waals surface area (Å²) < 4.78 is 15.4. The van der Waals surface area contributed by atoms with Gasteiger partial charge in [0.15, 0.2) is 23.0 Å². The first-order chi connectivity index (χ1) is 13.7. The highest BCUT2D eigenvalue weighted by atomic mass is 79.9. The van der Waals surface area contributed by atoms with Crippen molar-refractivity contribution in [3.63, 3.8) is 0 Å². The van der Waals surface area contributed by atoms with E-state index in [0.29, 0.717) is 33.2 Å². The number of hydrogen-bond acceptors (Lipinski definition) is 6. The lowest BCUT2D eigenvalue weighted by atomic mass is 10.2. The summed E-state index contributed by atoms with van der Waals surface area (Å²) in [5.41, 5.74) is 0.991. The number of ether oxygens (including phenoxy) is 3. The normalized spacial score (nSPS) is 9.21. The Morgan fingerprint density at radius 1 is 0.828 bits per heavy atom. The molecule has 0 saturated carbocycles. The maximum absolute atomic E-state index is 9.15. The summed E-state index contributed by atoms with van der Waals surface area (Å²) in [4.78, 5) is 0.646. The Labute approximate surface area is 181 Å². The molecule has 0 aliphatic heterocycles. The monoisotopic (exact) mass is 462 g/mol. The van der Waals surface area contributed by atoms with Gasteiger partial charge in [0.1, 0.15) is 0 Å². The van der Waals surface area contributed by atoms with E-state index in [0.717, 1.165) is 0 Å². The van der Waals surface area contributed by atoms with Crippen molar-refractivity contribution in [3.8, 4) is 35.1 Å². The van der Waals surface area contributed by atoms with Gasteiger partial charge >= 0.3 is 0 Å². The number of rotatable bonds is 4. The molecule has 0 aromatic heterocycles. The third-order valence-electron chi connectivity index (χ3n) is 2.96. The lowest BCUT2D eigenvalue weighted by Gasteiger charge is -2.13. The molecule has 7 heteroatoms. The summed E-state index contributed by atoms with van der Waals surface area (Å²) >= 11 is 3.27. The van der Waals surface area contributed by atoms with Crippen molar-refractivity contribution in [2.75, 3.05) is 14.2 Å². The minimum atomic E-state index is -0.00782. The SMILES string of the molecule is CC(C)Br.COc1ccc(C#N)cc1O.COc1ccc(C#N)cc1OC(C)C. The zero-order valence-corrected chi connectivity index (χ0v) is 19.1. The molecule has 0 heterocycles. The predicted octanol–water partition coefficient (Wildman–Crippen LogP) is 5.42. The second-order valence-electron chi connectivity index (χ2n) is 6.16. The first kappa shape index (κ1) is 26.1. The van der Waals surface area contributed by atoms with Crippen LogP contribution >= 0.6 is 15.9 Å². The molecule has 0 unspecified atom stereocenters. The van der Waals surface area contributed by atoms with E-state index in [2.05, 4.69) is 35.8 Å². The number of nitriles is 2. The van der Waals surface area contributed by atoms with Crippen LogP contribution in [0.5, 0.6) is 23.0 Å². The predicted molar refractivity (Wildman–Crippen MR) is 117 cm³/mol. The molecule has 0 aliphatic carbocycles. The van der Waals surface area contributed by atoms with Gasteiger partial charge in [-0.15, -0.1) is 0 Å². The molecule has 2 aromatic rings. The largest absolute Gasteiger partial charge is 0.504 e. The third kappa shape index (κ3) is 10.9.